The number of hydrogen-bond donors (Lipinski definition) is 2. The number of pyridine rings is 1. The SMILES string of the molecule is O=C(Nc1ccc2ccccc2c1)Nc1nnc(-c2ccccn2)s1. The fourth-order valence-corrected chi connectivity index (χ4v) is 3.11. The van der Waals surface area contributed by atoms with Crippen LogP contribution in [-0.2, 0) is 0 Å². The molecule has 0 fully saturated rings. The van der Waals surface area contributed by atoms with Crippen LogP contribution in [0.25, 0.3) is 21.5 Å². The first-order valence-electron chi connectivity index (χ1n) is 7.60. The van der Waals surface area contributed by atoms with Gasteiger partial charge in [0.2, 0.25) is 5.13 Å². The van der Waals surface area contributed by atoms with Crippen LogP contribution in [0.5, 0.6) is 0 Å². The van der Waals surface area contributed by atoms with Crippen molar-refractivity contribution in [3.05, 3.63) is 66.9 Å². The maximum atomic E-state index is 12.2. The second kappa shape index (κ2) is 6.66. The maximum Gasteiger partial charge on any atom is 0.325 e. The number of rotatable bonds is 3. The van der Waals surface area contributed by atoms with Crippen LogP contribution >= 0.6 is 11.3 Å². The van der Waals surface area contributed by atoms with E-state index in [1.165, 1.54) is 11.3 Å². The summed E-state index contributed by atoms with van der Waals surface area (Å²) in [6.07, 6.45) is 1.69. The molecule has 2 amide bonds. The number of amides is 2. The minimum absolute atomic E-state index is 0.362. The molecule has 0 atom stereocenters. The zero-order valence-electron chi connectivity index (χ0n) is 13.0. The van der Waals surface area contributed by atoms with Crippen molar-refractivity contribution < 1.29 is 4.79 Å². The summed E-state index contributed by atoms with van der Waals surface area (Å²) in [5.41, 5.74) is 1.44. The molecule has 0 radical (unpaired) electrons. The Kier molecular flexibility index (Phi) is 4.05. The Morgan fingerprint density at radius 3 is 2.56 bits per heavy atom. The standard InChI is InChI=1S/C18H13N5OS/c24-17(20-14-9-8-12-5-1-2-6-13(12)11-14)21-18-23-22-16(25-18)15-7-3-4-10-19-15/h1-11H,(H2,20,21,23,24). The summed E-state index contributed by atoms with van der Waals surface area (Å²) in [7, 11) is 0. The Morgan fingerprint density at radius 1 is 0.880 bits per heavy atom. The number of fused-ring (bicyclic) bond motifs is 1. The molecule has 122 valence electrons. The highest BCUT2D eigenvalue weighted by Crippen LogP contribution is 2.24. The normalized spacial score (nSPS) is 10.6. The predicted octanol–water partition coefficient (Wildman–Crippen LogP) is 4.40. The number of benzene rings is 2. The van der Waals surface area contributed by atoms with Crippen LogP contribution in [0.3, 0.4) is 0 Å². The molecule has 0 aliphatic carbocycles. The van der Waals surface area contributed by atoms with Gasteiger partial charge in [0.05, 0.1) is 0 Å². The van der Waals surface area contributed by atoms with E-state index < -0.39 is 0 Å². The largest absolute Gasteiger partial charge is 0.325 e. The zero-order valence-corrected chi connectivity index (χ0v) is 13.8. The van der Waals surface area contributed by atoms with Crippen LogP contribution in [0, 0.1) is 0 Å². The molecule has 25 heavy (non-hydrogen) atoms. The molecule has 0 unspecified atom stereocenters. The molecule has 0 saturated carbocycles. The molecule has 4 aromatic rings. The van der Waals surface area contributed by atoms with E-state index in [0.29, 0.717) is 15.8 Å². The molecule has 2 heterocycles. The molecule has 0 spiro atoms. The lowest BCUT2D eigenvalue weighted by molar-refractivity contribution is 0.262. The summed E-state index contributed by atoms with van der Waals surface area (Å²) in [5, 5.41) is 16.8. The van der Waals surface area contributed by atoms with E-state index in [2.05, 4.69) is 25.8 Å². The summed E-state index contributed by atoms with van der Waals surface area (Å²) >= 11 is 1.27. The van der Waals surface area contributed by atoms with Crippen molar-refractivity contribution in [1.82, 2.24) is 15.2 Å². The second-order valence-electron chi connectivity index (χ2n) is 5.27. The fourth-order valence-electron chi connectivity index (χ4n) is 2.39. The van der Waals surface area contributed by atoms with Crippen molar-refractivity contribution in [3.63, 3.8) is 0 Å². The molecule has 4 rings (SSSR count). The van der Waals surface area contributed by atoms with E-state index in [9.17, 15) is 4.79 Å². The van der Waals surface area contributed by atoms with Crippen LogP contribution in [0.2, 0.25) is 0 Å². The van der Waals surface area contributed by atoms with Crippen LogP contribution in [-0.4, -0.2) is 21.2 Å². The first-order chi connectivity index (χ1) is 12.3. The molecule has 2 aromatic heterocycles. The smallest absolute Gasteiger partial charge is 0.308 e. The molecule has 0 aliphatic heterocycles. The van der Waals surface area contributed by atoms with Gasteiger partial charge < -0.3 is 5.32 Å². The average Bonchev–Trinajstić information content (AvgIpc) is 3.10. The van der Waals surface area contributed by atoms with Crippen LogP contribution in [0.1, 0.15) is 0 Å². The zero-order chi connectivity index (χ0) is 17.1. The van der Waals surface area contributed by atoms with Crippen LogP contribution < -0.4 is 10.6 Å². The maximum absolute atomic E-state index is 12.2. The fraction of sp³-hybridized carbons (Fsp3) is 0. The molecule has 2 N–H and O–H groups in total. The van der Waals surface area contributed by atoms with Crippen molar-refractivity contribution >= 4 is 39.0 Å². The van der Waals surface area contributed by atoms with Gasteiger partial charge in [-0.2, -0.15) is 0 Å². The summed E-state index contributed by atoms with van der Waals surface area (Å²) < 4.78 is 0. The first-order valence-corrected chi connectivity index (χ1v) is 8.41. The van der Waals surface area contributed by atoms with E-state index >= 15 is 0 Å². The van der Waals surface area contributed by atoms with Gasteiger partial charge in [-0.1, -0.05) is 47.7 Å². The van der Waals surface area contributed by atoms with E-state index in [1.54, 1.807) is 6.20 Å². The van der Waals surface area contributed by atoms with E-state index in [1.807, 2.05) is 60.7 Å². The van der Waals surface area contributed by atoms with E-state index in [-0.39, 0.29) is 6.03 Å². The van der Waals surface area contributed by atoms with Gasteiger partial charge in [0.15, 0.2) is 5.01 Å². The highest BCUT2D eigenvalue weighted by atomic mass is 32.1. The highest BCUT2D eigenvalue weighted by Gasteiger charge is 2.10. The van der Waals surface area contributed by atoms with Crippen molar-refractivity contribution in [2.45, 2.75) is 0 Å². The third-order valence-electron chi connectivity index (χ3n) is 3.54. The van der Waals surface area contributed by atoms with Gasteiger partial charge in [0.1, 0.15) is 5.69 Å². The topological polar surface area (TPSA) is 79.8 Å². The van der Waals surface area contributed by atoms with Crippen LogP contribution in [0.4, 0.5) is 15.6 Å². The Bertz CT molecular complexity index is 1030. The molecule has 0 bridgehead atoms. The lowest BCUT2D eigenvalue weighted by Gasteiger charge is -2.06. The monoisotopic (exact) mass is 347 g/mol. The third kappa shape index (κ3) is 3.46. The van der Waals surface area contributed by atoms with Crippen molar-refractivity contribution in [2.24, 2.45) is 0 Å². The lowest BCUT2D eigenvalue weighted by Crippen LogP contribution is -2.19. The molecule has 7 heteroatoms. The van der Waals surface area contributed by atoms with E-state index in [4.69, 9.17) is 0 Å². The number of anilines is 2. The molecule has 2 aromatic carbocycles. The first kappa shape index (κ1) is 15.2. The minimum atomic E-state index is -0.362. The number of hydrogen-bond acceptors (Lipinski definition) is 5. The van der Waals surface area contributed by atoms with Gasteiger partial charge in [-0.15, -0.1) is 10.2 Å². The Morgan fingerprint density at radius 2 is 1.72 bits per heavy atom. The summed E-state index contributed by atoms with van der Waals surface area (Å²) in [4.78, 5) is 16.4. The van der Waals surface area contributed by atoms with Crippen molar-refractivity contribution in [3.8, 4) is 10.7 Å². The average molecular weight is 347 g/mol. The summed E-state index contributed by atoms with van der Waals surface area (Å²) in [6, 6.07) is 18.9. The lowest BCUT2D eigenvalue weighted by atomic mass is 10.1. The number of nitrogens with one attached hydrogen (secondary N) is 2. The molecular formula is C18H13N5OS. The molecule has 0 aliphatic rings. The van der Waals surface area contributed by atoms with Crippen molar-refractivity contribution in [1.29, 1.82) is 0 Å². The predicted molar refractivity (Wildman–Crippen MR) is 99.7 cm³/mol. The van der Waals surface area contributed by atoms with Crippen molar-refractivity contribution in [2.75, 3.05) is 10.6 Å². The third-order valence-corrected chi connectivity index (χ3v) is 4.40. The van der Waals surface area contributed by atoms with Gasteiger partial charge in [0.25, 0.3) is 0 Å². The highest BCUT2D eigenvalue weighted by molar-refractivity contribution is 7.18. The minimum Gasteiger partial charge on any atom is -0.308 e. The summed E-state index contributed by atoms with van der Waals surface area (Å²) in [5.74, 6) is 0. The molecule has 0 saturated heterocycles. The van der Waals surface area contributed by atoms with E-state index in [0.717, 1.165) is 16.5 Å². The number of aromatic nitrogens is 3. The number of nitrogens with zero attached hydrogens (tertiary/aromatic N) is 3. The number of carbonyl (C=O) groups excluding carboxylic acids is 1. The van der Waals surface area contributed by atoms with Gasteiger partial charge in [-0.05, 0) is 35.0 Å². The van der Waals surface area contributed by atoms with Gasteiger partial charge in [-0.25, -0.2) is 4.79 Å². The summed E-state index contributed by atoms with van der Waals surface area (Å²) in [6.45, 7) is 0. The number of carbonyl (C=O) groups is 1. The Balaban J connectivity index is 1.46. The Labute approximate surface area is 147 Å². The van der Waals surface area contributed by atoms with Crippen LogP contribution in [0.15, 0.2) is 66.9 Å². The molecular weight excluding hydrogens is 334 g/mol. The van der Waals surface area contributed by atoms with Gasteiger partial charge >= 0.3 is 6.03 Å². The Hall–Kier alpha value is -3.32. The van der Waals surface area contributed by atoms with Gasteiger partial charge in [-0.3, -0.25) is 10.3 Å². The second-order valence-corrected chi connectivity index (χ2v) is 6.25. The number of urea groups is 1. The quantitative estimate of drug-likeness (QED) is 0.576. The van der Waals surface area contributed by atoms with Gasteiger partial charge in [0, 0.05) is 11.9 Å². The molecule has 6 nitrogen and oxygen atoms in total.